The Labute approximate surface area is 72.6 Å². The third-order valence-corrected chi connectivity index (χ3v) is 2.01. The first-order valence-electron chi connectivity index (χ1n) is 3.66. The van der Waals surface area contributed by atoms with Crippen LogP contribution in [0.25, 0.3) is 0 Å². The van der Waals surface area contributed by atoms with E-state index in [0.29, 0.717) is 6.10 Å². The molecular formula is C7H11OS2. The Balaban J connectivity index is 2.19. The van der Waals surface area contributed by atoms with Crippen LogP contribution < -0.4 is 0 Å². The molecule has 0 atom stereocenters. The van der Waals surface area contributed by atoms with E-state index in [1.807, 2.05) is 0 Å². The number of hydrogen-bond acceptors (Lipinski definition) is 2. The van der Waals surface area contributed by atoms with Gasteiger partial charge in [-0.2, -0.15) is 0 Å². The number of rotatable bonds is 1. The van der Waals surface area contributed by atoms with Crippen LogP contribution in [-0.4, -0.2) is 10.5 Å². The molecule has 0 aliphatic heterocycles. The summed E-state index contributed by atoms with van der Waals surface area (Å²) in [7, 11) is 0. The van der Waals surface area contributed by atoms with Crippen molar-refractivity contribution in [1.82, 2.24) is 0 Å². The second kappa shape index (κ2) is 4.09. The van der Waals surface area contributed by atoms with E-state index in [9.17, 15) is 0 Å². The van der Waals surface area contributed by atoms with E-state index in [2.05, 4.69) is 24.8 Å². The summed E-state index contributed by atoms with van der Waals surface area (Å²) in [5, 5.41) is 0. The molecule has 3 heteroatoms. The largest absolute Gasteiger partial charge is 0.472 e. The zero-order valence-corrected chi connectivity index (χ0v) is 7.47. The Morgan fingerprint density at radius 3 is 2.30 bits per heavy atom. The summed E-state index contributed by atoms with van der Waals surface area (Å²) in [5.41, 5.74) is 0. The Morgan fingerprint density at radius 2 is 1.80 bits per heavy atom. The summed E-state index contributed by atoms with van der Waals surface area (Å²) in [5.74, 6) is 0. The standard InChI is InChI=1S/C7H11OS2/c9-7(10)8-6-4-2-1-3-5-6/h6H,1-5H2. The van der Waals surface area contributed by atoms with Gasteiger partial charge < -0.3 is 4.74 Å². The molecule has 1 rings (SSSR count). The molecular weight excluding hydrogens is 164 g/mol. The molecule has 1 fully saturated rings. The van der Waals surface area contributed by atoms with Gasteiger partial charge in [0.05, 0.1) is 0 Å². The molecule has 1 aliphatic rings. The molecule has 0 aromatic rings. The quantitative estimate of drug-likeness (QED) is 0.567. The summed E-state index contributed by atoms with van der Waals surface area (Å²) in [4.78, 5) is 0. The zero-order valence-electron chi connectivity index (χ0n) is 5.84. The molecule has 0 saturated heterocycles. The van der Waals surface area contributed by atoms with Gasteiger partial charge in [0.15, 0.2) is 0 Å². The van der Waals surface area contributed by atoms with Gasteiger partial charge in [-0.15, -0.1) is 0 Å². The van der Waals surface area contributed by atoms with Crippen LogP contribution in [0.5, 0.6) is 0 Å². The first-order chi connectivity index (χ1) is 4.79. The summed E-state index contributed by atoms with van der Waals surface area (Å²) in [6, 6.07) is 0. The van der Waals surface area contributed by atoms with Gasteiger partial charge >= 0.3 is 0 Å². The van der Waals surface area contributed by atoms with Crippen molar-refractivity contribution in [1.29, 1.82) is 0 Å². The van der Waals surface area contributed by atoms with Crippen molar-refractivity contribution < 1.29 is 4.74 Å². The Morgan fingerprint density at radius 1 is 1.20 bits per heavy atom. The number of hydrogen-bond donors (Lipinski definition) is 0. The Bertz CT molecular complexity index is 119. The predicted octanol–water partition coefficient (Wildman–Crippen LogP) is 2.82. The average Bonchev–Trinajstić information content (AvgIpc) is 1.88. The van der Waals surface area contributed by atoms with Crippen LogP contribution in [0.1, 0.15) is 32.1 Å². The van der Waals surface area contributed by atoms with E-state index in [0.717, 1.165) is 12.8 Å². The molecule has 1 saturated carbocycles. The molecule has 0 bridgehead atoms. The maximum absolute atomic E-state index is 5.24. The van der Waals surface area contributed by atoms with Gasteiger partial charge in [-0.25, -0.2) is 0 Å². The lowest BCUT2D eigenvalue weighted by Gasteiger charge is -2.21. The molecule has 0 heterocycles. The van der Waals surface area contributed by atoms with Crippen molar-refractivity contribution in [2.24, 2.45) is 0 Å². The maximum atomic E-state index is 5.24. The molecule has 0 N–H and O–H groups in total. The van der Waals surface area contributed by atoms with Crippen LogP contribution in [0.4, 0.5) is 0 Å². The number of ether oxygens (including phenoxy) is 1. The summed E-state index contributed by atoms with van der Waals surface area (Å²) in [6.07, 6.45) is 6.47. The highest BCUT2D eigenvalue weighted by atomic mass is 32.1. The monoisotopic (exact) mass is 175 g/mol. The fourth-order valence-corrected chi connectivity index (χ4v) is 1.59. The molecule has 10 heavy (non-hydrogen) atoms. The smallest absolute Gasteiger partial charge is 0.252 e. The van der Waals surface area contributed by atoms with Crippen molar-refractivity contribution in [3.63, 3.8) is 0 Å². The third-order valence-electron chi connectivity index (χ3n) is 1.82. The molecule has 1 radical (unpaired) electrons. The van der Waals surface area contributed by atoms with Crippen LogP contribution in [-0.2, 0) is 4.74 Å². The minimum Gasteiger partial charge on any atom is -0.472 e. The van der Waals surface area contributed by atoms with Gasteiger partial charge in [0.25, 0.3) is 4.38 Å². The molecule has 57 valence electrons. The van der Waals surface area contributed by atoms with Crippen LogP contribution in [0, 0.1) is 0 Å². The minimum atomic E-state index is 0.284. The van der Waals surface area contributed by atoms with Crippen molar-refractivity contribution in [2.75, 3.05) is 0 Å². The van der Waals surface area contributed by atoms with E-state index >= 15 is 0 Å². The fraction of sp³-hybridized carbons (Fsp3) is 0.857. The molecule has 1 nitrogen and oxygen atoms in total. The van der Waals surface area contributed by atoms with Gasteiger partial charge in [-0.05, 0) is 50.5 Å². The Kier molecular flexibility index (Phi) is 3.35. The minimum absolute atomic E-state index is 0.284. The summed E-state index contributed by atoms with van der Waals surface area (Å²) >= 11 is 9.34. The van der Waals surface area contributed by atoms with E-state index in [4.69, 9.17) is 4.74 Å². The maximum Gasteiger partial charge on any atom is 0.252 e. The highest BCUT2D eigenvalue weighted by Gasteiger charge is 2.14. The van der Waals surface area contributed by atoms with Crippen molar-refractivity contribution in [2.45, 2.75) is 38.2 Å². The van der Waals surface area contributed by atoms with Gasteiger partial charge in [0.1, 0.15) is 6.10 Å². The fourth-order valence-electron chi connectivity index (χ4n) is 1.32. The first kappa shape index (κ1) is 8.21. The van der Waals surface area contributed by atoms with Crippen LogP contribution >= 0.6 is 24.8 Å². The number of thiocarbonyl (C=S) groups is 1. The predicted molar refractivity (Wildman–Crippen MR) is 48.1 cm³/mol. The second-order valence-corrected chi connectivity index (χ2v) is 3.63. The summed E-state index contributed by atoms with van der Waals surface area (Å²) in [6.45, 7) is 0. The highest BCUT2D eigenvalue weighted by molar-refractivity contribution is 8.10. The molecule has 0 aromatic carbocycles. The average molecular weight is 175 g/mol. The van der Waals surface area contributed by atoms with Crippen LogP contribution in [0.3, 0.4) is 0 Å². The van der Waals surface area contributed by atoms with Crippen molar-refractivity contribution in [3.05, 3.63) is 0 Å². The first-order valence-corrected chi connectivity index (χ1v) is 4.48. The lowest BCUT2D eigenvalue weighted by molar-refractivity contribution is 0.153. The van der Waals surface area contributed by atoms with E-state index in [1.165, 1.54) is 19.3 Å². The van der Waals surface area contributed by atoms with E-state index < -0.39 is 0 Å². The van der Waals surface area contributed by atoms with Crippen molar-refractivity contribution in [3.8, 4) is 0 Å². The third kappa shape index (κ3) is 2.80. The molecule has 0 aromatic heterocycles. The lowest BCUT2D eigenvalue weighted by atomic mass is 9.98. The molecule has 0 spiro atoms. The van der Waals surface area contributed by atoms with Gasteiger partial charge in [0.2, 0.25) is 0 Å². The van der Waals surface area contributed by atoms with E-state index in [1.54, 1.807) is 0 Å². The molecule has 0 unspecified atom stereocenters. The van der Waals surface area contributed by atoms with Gasteiger partial charge in [-0.1, -0.05) is 6.42 Å². The van der Waals surface area contributed by atoms with Gasteiger partial charge in [0, 0.05) is 0 Å². The van der Waals surface area contributed by atoms with Crippen molar-refractivity contribution >= 4 is 29.2 Å². The zero-order chi connectivity index (χ0) is 7.40. The summed E-state index contributed by atoms with van der Waals surface area (Å²) < 4.78 is 5.52. The van der Waals surface area contributed by atoms with Crippen LogP contribution in [0.2, 0.25) is 0 Å². The topological polar surface area (TPSA) is 9.23 Å². The molecule has 0 amide bonds. The van der Waals surface area contributed by atoms with Crippen LogP contribution in [0.15, 0.2) is 0 Å². The van der Waals surface area contributed by atoms with E-state index in [-0.39, 0.29) is 4.38 Å². The SMILES string of the molecule is [S]C(=S)OC1CCCCC1. The normalized spacial score (nSPS) is 20.4. The molecule has 1 aliphatic carbocycles. The Hall–Kier alpha value is 0.110. The highest BCUT2D eigenvalue weighted by Crippen LogP contribution is 2.20. The lowest BCUT2D eigenvalue weighted by Crippen LogP contribution is -2.17. The second-order valence-electron chi connectivity index (χ2n) is 2.63. The van der Waals surface area contributed by atoms with Gasteiger partial charge in [-0.3, -0.25) is 0 Å².